The molecule has 2 aromatic rings. The zero-order valence-corrected chi connectivity index (χ0v) is 10.6. The van der Waals surface area contributed by atoms with Crippen LogP contribution in [0.2, 0.25) is 0 Å². The molecule has 0 saturated heterocycles. The SMILES string of the molecule is CN(Cc1cnn(C)c1)c1nc(NN)c(F)cc1F. The minimum atomic E-state index is -0.835. The fourth-order valence-electron chi connectivity index (χ4n) is 1.73. The van der Waals surface area contributed by atoms with Gasteiger partial charge in [0, 0.05) is 38.5 Å². The van der Waals surface area contributed by atoms with Crippen molar-refractivity contribution in [3.63, 3.8) is 0 Å². The summed E-state index contributed by atoms with van der Waals surface area (Å²) in [5.41, 5.74) is 2.98. The third kappa shape index (κ3) is 2.79. The molecule has 0 bridgehead atoms. The number of hydrogen-bond acceptors (Lipinski definition) is 5. The van der Waals surface area contributed by atoms with E-state index in [4.69, 9.17) is 5.84 Å². The molecule has 0 aliphatic carbocycles. The number of nitrogens with two attached hydrogens (primary N) is 1. The number of hydrazine groups is 1. The number of aromatic nitrogens is 3. The van der Waals surface area contributed by atoms with Crippen molar-refractivity contribution >= 4 is 11.6 Å². The van der Waals surface area contributed by atoms with Crippen molar-refractivity contribution in [3.8, 4) is 0 Å². The van der Waals surface area contributed by atoms with Crippen molar-refractivity contribution in [3.05, 3.63) is 35.7 Å². The highest BCUT2D eigenvalue weighted by Crippen LogP contribution is 2.22. The lowest BCUT2D eigenvalue weighted by Gasteiger charge is -2.18. The number of pyridine rings is 1. The Morgan fingerprint density at radius 1 is 1.42 bits per heavy atom. The maximum atomic E-state index is 13.7. The highest BCUT2D eigenvalue weighted by atomic mass is 19.1. The summed E-state index contributed by atoms with van der Waals surface area (Å²) in [6.07, 6.45) is 3.47. The summed E-state index contributed by atoms with van der Waals surface area (Å²) in [6, 6.07) is 0.747. The molecule has 0 unspecified atom stereocenters. The van der Waals surface area contributed by atoms with Crippen molar-refractivity contribution in [2.24, 2.45) is 12.9 Å². The van der Waals surface area contributed by atoms with Gasteiger partial charge in [0.1, 0.15) is 0 Å². The summed E-state index contributed by atoms with van der Waals surface area (Å²) in [6.45, 7) is 0.396. The van der Waals surface area contributed by atoms with Crippen LogP contribution in [0.1, 0.15) is 5.56 Å². The van der Waals surface area contributed by atoms with Gasteiger partial charge in [0.15, 0.2) is 23.3 Å². The van der Waals surface area contributed by atoms with Crippen molar-refractivity contribution in [2.45, 2.75) is 6.54 Å². The van der Waals surface area contributed by atoms with Gasteiger partial charge < -0.3 is 10.3 Å². The first-order valence-electron chi connectivity index (χ1n) is 5.52. The van der Waals surface area contributed by atoms with E-state index in [1.165, 1.54) is 0 Å². The molecule has 0 aromatic carbocycles. The second-order valence-corrected chi connectivity index (χ2v) is 4.15. The van der Waals surface area contributed by atoms with Crippen LogP contribution in [0.3, 0.4) is 0 Å². The Balaban J connectivity index is 2.25. The molecule has 19 heavy (non-hydrogen) atoms. The van der Waals surface area contributed by atoms with E-state index in [2.05, 4.69) is 15.5 Å². The fourth-order valence-corrected chi connectivity index (χ4v) is 1.73. The van der Waals surface area contributed by atoms with E-state index in [1.807, 2.05) is 0 Å². The third-order valence-corrected chi connectivity index (χ3v) is 2.59. The molecule has 0 amide bonds. The first-order chi connectivity index (χ1) is 9.01. The summed E-state index contributed by atoms with van der Waals surface area (Å²) in [5.74, 6) is 3.35. The average Bonchev–Trinajstić information content (AvgIpc) is 2.74. The van der Waals surface area contributed by atoms with Crippen LogP contribution in [0.15, 0.2) is 18.5 Å². The molecule has 0 radical (unpaired) electrons. The number of anilines is 2. The number of hydrogen-bond donors (Lipinski definition) is 2. The Labute approximate surface area is 108 Å². The number of rotatable bonds is 4. The normalized spacial score (nSPS) is 10.6. The Kier molecular flexibility index (Phi) is 3.61. The zero-order valence-electron chi connectivity index (χ0n) is 10.6. The molecule has 102 valence electrons. The maximum absolute atomic E-state index is 13.7. The van der Waals surface area contributed by atoms with E-state index in [0.717, 1.165) is 11.6 Å². The van der Waals surface area contributed by atoms with Crippen molar-refractivity contribution < 1.29 is 8.78 Å². The van der Waals surface area contributed by atoms with Gasteiger partial charge in [0.2, 0.25) is 0 Å². The van der Waals surface area contributed by atoms with Gasteiger partial charge in [0.25, 0.3) is 0 Å². The molecule has 0 aliphatic heterocycles. The summed E-state index contributed by atoms with van der Waals surface area (Å²) in [5, 5.41) is 4.02. The van der Waals surface area contributed by atoms with E-state index < -0.39 is 11.6 Å². The Morgan fingerprint density at radius 2 is 2.16 bits per heavy atom. The third-order valence-electron chi connectivity index (χ3n) is 2.59. The van der Waals surface area contributed by atoms with Crippen LogP contribution in [-0.2, 0) is 13.6 Å². The van der Waals surface area contributed by atoms with Gasteiger partial charge in [-0.2, -0.15) is 5.10 Å². The lowest BCUT2D eigenvalue weighted by atomic mass is 10.3. The van der Waals surface area contributed by atoms with E-state index >= 15 is 0 Å². The van der Waals surface area contributed by atoms with Gasteiger partial charge in [-0.15, -0.1) is 0 Å². The second-order valence-electron chi connectivity index (χ2n) is 4.15. The maximum Gasteiger partial charge on any atom is 0.178 e. The van der Waals surface area contributed by atoms with Crippen LogP contribution >= 0.6 is 0 Å². The molecule has 0 aliphatic rings. The van der Waals surface area contributed by atoms with Gasteiger partial charge in [-0.25, -0.2) is 19.6 Å². The molecule has 0 spiro atoms. The smallest absolute Gasteiger partial charge is 0.178 e. The zero-order chi connectivity index (χ0) is 14.0. The van der Waals surface area contributed by atoms with Crippen LogP contribution in [0, 0.1) is 11.6 Å². The van der Waals surface area contributed by atoms with Gasteiger partial charge in [-0.1, -0.05) is 0 Å². The topological polar surface area (TPSA) is 72.0 Å². The molecular formula is C11H14F2N6. The molecule has 2 heterocycles. The molecule has 0 atom stereocenters. The van der Waals surface area contributed by atoms with Crippen molar-refractivity contribution in [1.29, 1.82) is 0 Å². The van der Waals surface area contributed by atoms with Crippen LogP contribution in [-0.4, -0.2) is 21.8 Å². The van der Waals surface area contributed by atoms with Crippen LogP contribution < -0.4 is 16.2 Å². The fraction of sp³-hybridized carbons (Fsp3) is 0.273. The number of halogens is 2. The van der Waals surface area contributed by atoms with Gasteiger partial charge >= 0.3 is 0 Å². The number of nitrogens with zero attached hydrogens (tertiary/aromatic N) is 4. The van der Waals surface area contributed by atoms with Crippen molar-refractivity contribution in [1.82, 2.24) is 14.8 Å². The minimum Gasteiger partial charge on any atom is -0.353 e. The van der Waals surface area contributed by atoms with E-state index in [-0.39, 0.29) is 11.6 Å². The van der Waals surface area contributed by atoms with E-state index in [0.29, 0.717) is 6.54 Å². The minimum absolute atomic E-state index is 0.0122. The first-order valence-corrected chi connectivity index (χ1v) is 5.52. The monoisotopic (exact) mass is 268 g/mol. The largest absolute Gasteiger partial charge is 0.353 e. The quantitative estimate of drug-likeness (QED) is 0.639. The summed E-state index contributed by atoms with van der Waals surface area (Å²) < 4.78 is 28.6. The molecule has 0 fully saturated rings. The highest BCUT2D eigenvalue weighted by molar-refractivity contribution is 5.48. The Hall–Kier alpha value is -2.22. The molecule has 3 N–H and O–H groups in total. The average molecular weight is 268 g/mol. The lowest BCUT2D eigenvalue weighted by Crippen LogP contribution is -2.21. The Bertz CT molecular complexity index is 583. The first kappa shape index (κ1) is 13.2. The van der Waals surface area contributed by atoms with Gasteiger partial charge in [-0.05, 0) is 0 Å². The number of nitrogen functional groups attached to an aromatic ring is 1. The molecule has 2 rings (SSSR count). The lowest BCUT2D eigenvalue weighted by molar-refractivity contribution is 0.572. The van der Waals surface area contributed by atoms with E-state index in [1.54, 1.807) is 36.1 Å². The van der Waals surface area contributed by atoms with Crippen LogP contribution in [0.4, 0.5) is 20.4 Å². The second kappa shape index (κ2) is 5.19. The Morgan fingerprint density at radius 3 is 2.74 bits per heavy atom. The number of nitrogens with one attached hydrogen (secondary N) is 1. The molecular weight excluding hydrogens is 254 g/mol. The molecule has 2 aromatic heterocycles. The molecule has 8 heteroatoms. The van der Waals surface area contributed by atoms with Crippen LogP contribution in [0.25, 0.3) is 0 Å². The predicted octanol–water partition coefficient (Wildman–Crippen LogP) is 1.02. The molecule has 6 nitrogen and oxygen atoms in total. The summed E-state index contributed by atoms with van der Waals surface area (Å²) in [4.78, 5) is 5.35. The molecule has 0 saturated carbocycles. The van der Waals surface area contributed by atoms with Crippen molar-refractivity contribution in [2.75, 3.05) is 17.4 Å². The summed E-state index contributed by atoms with van der Waals surface area (Å²) in [7, 11) is 3.44. The number of aryl methyl sites for hydroxylation is 1. The standard InChI is InChI=1S/C11H14F2N6/c1-18(5-7-4-15-19(2)6-7)11-9(13)3-8(12)10(16-11)17-14/h3-4,6H,5,14H2,1-2H3,(H,16,17). The predicted molar refractivity (Wildman–Crippen MR) is 67.3 cm³/mol. The van der Waals surface area contributed by atoms with Gasteiger partial charge in [0.05, 0.1) is 6.20 Å². The summed E-state index contributed by atoms with van der Waals surface area (Å²) >= 11 is 0. The van der Waals surface area contributed by atoms with E-state index in [9.17, 15) is 8.78 Å². The van der Waals surface area contributed by atoms with Crippen LogP contribution in [0.5, 0.6) is 0 Å². The van der Waals surface area contributed by atoms with Gasteiger partial charge in [-0.3, -0.25) is 4.68 Å². The highest BCUT2D eigenvalue weighted by Gasteiger charge is 2.15.